The van der Waals surface area contributed by atoms with Crippen LogP contribution in [0.2, 0.25) is 0 Å². The van der Waals surface area contributed by atoms with Crippen molar-refractivity contribution in [1.29, 1.82) is 0 Å². The highest BCUT2D eigenvalue weighted by atomic mass is 32.2. The van der Waals surface area contributed by atoms with E-state index in [4.69, 9.17) is 0 Å². The molecule has 5 nitrogen and oxygen atoms in total. The van der Waals surface area contributed by atoms with Crippen LogP contribution in [-0.2, 0) is 14.8 Å². The number of carbonyl (C=O) groups is 1. The van der Waals surface area contributed by atoms with Crippen molar-refractivity contribution in [2.45, 2.75) is 11.8 Å². The van der Waals surface area contributed by atoms with E-state index < -0.39 is 10.0 Å². The van der Waals surface area contributed by atoms with Crippen molar-refractivity contribution in [3.05, 3.63) is 30.3 Å². The van der Waals surface area contributed by atoms with Gasteiger partial charge in [0.05, 0.1) is 11.4 Å². The first kappa shape index (κ1) is 14.2. The summed E-state index contributed by atoms with van der Waals surface area (Å²) in [5.74, 6) is 0.111. The second kappa shape index (κ2) is 5.81. The Morgan fingerprint density at radius 1 is 1.11 bits per heavy atom. The Morgan fingerprint density at radius 2 is 1.68 bits per heavy atom. The topological polar surface area (TPSA) is 57.7 Å². The molecule has 0 bridgehead atoms. The fourth-order valence-corrected chi connectivity index (χ4v) is 3.63. The third kappa shape index (κ3) is 3.40. The van der Waals surface area contributed by atoms with E-state index in [0.29, 0.717) is 37.6 Å². The van der Waals surface area contributed by atoms with Gasteiger partial charge in [-0.1, -0.05) is 18.2 Å². The predicted molar refractivity (Wildman–Crippen MR) is 72.3 cm³/mol. The van der Waals surface area contributed by atoms with E-state index in [-0.39, 0.29) is 5.78 Å². The zero-order valence-corrected chi connectivity index (χ0v) is 11.8. The molecule has 1 aromatic carbocycles. The zero-order valence-electron chi connectivity index (χ0n) is 10.9. The molecule has 0 unspecified atom stereocenters. The third-order valence-corrected chi connectivity index (χ3v) is 5.07. The monoisotopic (exact) mass is 282 g/mol. The number of Topliss-reactive ketones (excluding diaryl/α,β-unsaturated/α-hetero) is 1. The van der Waals surface area contributed by atoms with E-state index >= 15 is 0 Å². The molecule has 0 amide bonds. The molecule has 0 atom stereocenters. The van der Waals surface area contributed by atoms with Crippen LogP contribution in [0.4, 0.5) is 0 Å². The molecule has 1 saturated heterocycles. The summed E-state index contributed by atoms with van der Waals surface area (Å²) in [6, 6.07) is 8.45. The van der Waals surface area contributed by atoms with Gasteiger partial charge in [-0.2, -0.15) is 4.31 Å². The maximum absolute atomic E-state index is 12.4. The van der Waals surface area contributed by atoms with Gasteiger partial charge in [-0.25, -0.2) is 8.42 Å². The first-order chi connectivity index (χ1) is 9.00. The number of ketones is 1. The number of hydrogen-bond donors (Lipinski definition) is 0. The van der Waals surface area contributed by atoms with Gasteiger partial charge in [0.25, 0.3) is 0 Å². The lowest BCUT2D eigenvalue weighted by Crippen LogP contribution is -2.49. The standard InChI is InChI=1S/C13H18N2O3S/c1-12(16)11-14-7-9-15(10-8-14)19(17,18)13-5-3-2-4-6-13/h2-6H,7-11H2,1H3. The van der Waals surface area contributed by atoms with Gasteiger partial charge in [0.1, 0.15) is 5.78 Å². The van der Waals surface area contributed by atoms with E-state index in [2.05, 4.69) is 0 Å². The van der Waals surface area contributed by atoms with Crippen LogP contribution >= 0.6 is 0 Å². The lowest BCUT2D eigenvalue weighted by Gasteiger charge is -2.33. The predicted octanol–water partition coefficient (Wildman–Crippen LogP) is 0.582. The number of hydrogen-bond acceptors (Lipinski definition) is 4. The minimum Gasteiger partial charge on any atom is -0.299 e. The SMILES string of the molecule is CC(=O)CN1CCN(S(=O)(=O)c2ccccc2)CC1. The molecule has 1 aliphatic rings. The van der Waals surface area contributed by atoms with Gasteiger partial charge in [0.15, 0.2) is 0 Å². The van der Waals surface area contributed by atoms with Gasteiger partial charge in [0.2, 0.25) is 10.0 Å². The van der Waals surface area contributed by atoms with Gasteiger partial charge in [-0.3, -0.25) is 9.69 Å². The Morgan fingerprint density at radius 3 is 2.21 bits per heavy atom. The van der Waals surface area contributed by atoms with Crippen molar-refractivity contribution >= 4 is 15.8 Å². The van der Waals surface area contributed by atoms with E-state index in [1.807, 2.05) is 4.90 Å². The second-order valence-corrected chi connectivity index (χ2v) is 6.63. The maximum atomic E-state index is 12.4. The Kier molecular flexibility index (Phi) is 4.34. The van der Waals surface area contributed by atoms with Gasteiger partial charge >= 0.3 is 0 Å². The molecular weight excluding hydrogens is 264 g/mol. The summed E-state index contributed by atoms with van der Waals surface area (Å²) in [5, 5.41) is 0. The number of benzene rings is 1. The molecule has 0 saturated carbocycles. The van der Waals surface area contributed by atoms with Crippen molar-refractivity contribution in [1.82, 2.24) is 9.21 Å². The van der Waals surface area contributed by atoms with Crippen molar-refractivity contribution in [3.63, 3.8) is 0 Å². The lowest BCUT2D eigenvalue weighted by atomic mass is 10.3. The van der Waals surface area contributed by atoms with E-state index in [0.717, 1.165) is 0 Å². The quantitative estimate of drug-likeness (QED) is 0.810. The fraction of sp³-hybridized carbons (Fsp3) is 0.462. The lowest BCUT2D eigenvalue weighted by molar-refractivity contribution is -0.118. The van der Waals surface area contributed by atoms with Crippen molar-refractivity contribution < 1.29 is 13.2 Å². The summed E-state index contributed by atoms with van der Waals surface area (Å²) in [5.41, 5.74) is 0. The van der Waals surface area contributed by atoms with Crippen molar-refractivity contribution in [3.8, 4) is 0 Å². The molecule has 1 aromatic rings. The summed E-state index contributed by atoms with van der Waals surface area (Å²) >= 11 is 0. The highest BCUT2D eigenvalue weighted by Crippen LogP contribution is 2.16. The van der Waals surface area contributed by atoms with Crippen LogP contribution in [0.5, 0.6) is 0 Å². The fourth-order valence-electron chi connectivity index (χ4n) is 2.18. The molecule has 0 N–H and O–H groups in total. The first-order valence-electron chi connectivity index (χ1n) is 6.27. The highest BCUT2D eigenvalue weighted by Gasteiger charge is 2.28. The smallest absolute Gasteiger partial charge is 0.243 e. The number of carbonyl (C=O) groups excluding carboxylic acids is 1. The summed E-state index contributed by atoms with van der Waals surface area (Å²) in [6.45, 7) is 4.03. The molecule has 1 fully saturated rings. The van der Waals surface area contributed by atoms with Crippen LogP contribution in [0.1, 0.15) is 6.92 Å². The van der Waals surface area contributed by atoms with Crippen molar-refractivity contribution in [2.75, 3.05) is 32.7 Å². The average molecular weight is 282 g/mol. The second-order valence-electron chi connectivity index (χ2n) is 4.70. The first-order valence-corrected chi connectivity index (χ1v) is 7.71. The largest absolute Gasteiger partial charge is 0.299 e. The van der Waals surface area contributed by atoms with Crippen LogP contribution in [0.25, 0.3) is 0 Å². The van der Waals surface area contributed by atoms with E-state index in [1.54, 1.807) is 37.3 Å². The van der Waals surface area contributed by atoms with Crippen LogP contribution in [0.15, 0.2) is 35.2 Å². The van der Waals surface area contributed by atoms with Crippen LogP contribution in [0, 0.1) is 0 Å². The minimum absolute atomic E-state index is 0.111. The molecule has 1 heterocycles. The molecule has 2 rings (SSSR count). The molecule has 0 aromatic heterocycles. The average Bonchev–Trinajstić information content (AvgIpc) is 2.40. The number of piperazine rings is 1. The van der Waals surface area contributed by atoms with E-state index in [9.17, 15) is 13.2 Å². The summed E-state index contributed by atoms with van der Waals surface area (Å²) in [7, 11) is -3.39. The van der Waals surface area contributed by atoms with Crippen LogP contribution < -0.4 is 0 Å². The molecular formula is C13H18N2O3S. The molecule has 0 aliphatic carbocycles. The number of rotatable bonds is 4. The minimum atomic E-state index is -3.39. The number of sulfonamides is 1. The van der Waals surface area contributed by atoms with Gasteiger partial charge < -0.3 is 0 Å². The molecule has 0 radical (unpaired) electrons. The third-order valence-electron chi connectivity index (χ3n) is 3.16. The maximum Gasteiger partial charge on any atom is 0.243 e. The number of nitrogens with zero attached hydrogens (tertiary/aromatic N) is 2. The summed E-state index contributed by atoms with van der Waals surface area (Å²) < 4.78 is 26.2. The van der Waals surface area contributed by atoms with Crippen LogP contribution in [0.3, 0.4) is 0 Å². The molecule has 0 spiro atoms. The molecule has 6 heteroatoms. The molecule has 19 heavy (non-hydrogen) atoms. The van der Waals surface area contributed by atoms with Crippen LogP contribution in [-0.4, -0.2) is 56.1 Å². The Balaban J connectivity index is 2.03. The normalized spacial score (nSPS) is 18.4. The van der Waals surface area contributed by atoms with Gasteiger partial charge in [0, 0.05) is 26.2 Å². The Labute approximate surface area is 113 Å². The van der Waals surface area contributed by atoms with E-state index in [1.165, 1.54) is 4.31 Å². The highest BCUT2D eigenvalue weighted by molar-refractivity contribution is 7.89. The van der Waals surface area contributed by atoms with Gasteiger partial charge in [-0.15, -0.1) is 0 Å². The van der Waals surface area contributed by atoms with Crippen molar-refractivity contribution in [2.24, 2.45) is 0 Å². The zero-order chi connectivity index (χ0) is 13.9. The molecule has 104 valence electrons. The summed E-state index contributed by atoms with van der Waals surface area (Å²) in [6.07, 6.45) is 0. The Bertz CT molecular complexity index is 534. The summed E-state index contributed by atoms with van der Waals surface area (Å²) in [4.78, 5) is 13.4. The van der Waals surface area contributed by atoms with Gasteiger partial charge in [-0.05, 0) is 19.1 Å². The Hall–Kier alpha value is -1.24. The molecule has 1 aliphatic heterocycles.